The summed E-state index contributed by atoms with van der Waals surface area (Å²) in [6.07, 6.45) is 8.53. The maximum absolute atomic E-state index is 11.8. The Bertz CT molecular complexity index is 439. The highest BCUT2D eigenvalue weighted by Gasteiger charge is 2.71. The molecular formula is C14H18O5. The molecule has 0 aromatic carbocycles. The summed E-state index contributed by atoms with van der Waals surface area (Å²) in [5, 5.41) is 0. The molecule has 5 heteroatoms. The van der Waals surface area contributed by atoms with Gasteiger partial charge in [-0.05, 0) is 18.9 Å². The molecule has 0 N–H and O–H groups in total. The minimum atomic E-state index is -0.917. The van der Waals surface area contributed by atoms with Gasteiger partial charge in [-0.2, -0.15) is 0 Å². The van der Waals surface area contributed by atoms with Gasteiger partial charge in [0, 0.05) is 12.8 Å². The van der Waals surface area contributed by atoms with Crippen LogP contribution in [0.15, 0.2) is 12.2 Å². The Morgan fingerprint density at radius 1 is 1.21 bits per heavy atom. The predicted octanol–water partition coefficient (Wildman–Crippen LogP) is 1.31. The summed E-state index contributed by atoms with van der Waals surface area (Å²) in [6.45, 7) is 0. The van der Waals surface area contributed by atoms with Crippen molar-refractivity contribution in [3.8, 4) is 0 Å². The normalized spacial score (nSPS) is 45.6. The fourth-order valence-electron chi connectivity index (χ4n) is 3.62. The third-order valence-corrected chi connectivity index (χ3v) is 4.66. The molecule has 0 amide bonds. The summed E-state index contributed by atoms with van der Waals surface area (Å²) in [5.41, 5.74) is -0.917. The lowest BCUT2D eigenvalue weighted by Crippen LogP contribution is -2.39. The Hall–Kier alpha value is -0.910. The van der Waals surface area contributed by atoms with Gasteiger partial charge in [-0.1, -0.05) is 12.5 Å². The van der Waals surface area contributed by atoms with Crippen LogP contribution in [-0.2, 0) is 23.7 Å². The number of epoxide rings is 1. The van der Waals surface area contributed by atoms with Crippen molar-refractivity contribution >= 4 is 5.97 Å². The van der Waals surface area contributed by atoms with E-state index in [0.29, 0.717) is 0 Å². The number of ether oxygens (including phenoxy) is 4. The average molecular weight is 266 g/mol. The lowest BCUT2D eigenvalue weighted by Gasteiger charge is -2.31. The molecule has 19 heavy (non-hydrogen) atoms. The van der Waals surface area contributed by atoms with E-state index in [1.807, 2.05) is 6.08 Å². The molecule has 1 spiro atoms. The fraction of sp³-hybridized carbons (Fsp3) is 0.786. The molecule has 0 unspecified atom stereocenters. The van der Waals surface area contributed by atoms with Crippen LogP contribution >= 0.6 is 0 Å². The zero-order valence-corrected chi connectivity index (χ0v) is 11.0. The topological polar surface area (TPSA) is 57.3 Å². The lowest BCUT2D eigenvalue weighted by atomic mass is 9.92. The third kappa shape index (κ3) is 1.55. The molecule has 3 fully saturated rings. The van der Waals surface area contributed by atoms with Crippen LogP contribution in [0.3, 0.4) is 0 Å². The molecule has 0 bridgehead atoms. The van der Waals surface area contributed by atoms with Gasteiger partial charge in [0.2, 0.25) is 5.60 Å². The van der Waals surface area contributed by atoms with Gasteiger partial charge in [0.1, 0.15) is 18.3 Å². The van der Waals surface area contributed by atoms with Gasteiger partial charge in [-0.25, -0.2) is 4.79 Å². The van der Waals surface area contributed by atoms with E-state index < -0.39 is 11.4 Å². The number of hydrogen-bond acceptors (Lipinski definition) is 5. The van der Waals surface area contributed by atoms with Crippen LogP contribution in [-0.4, -0.2) is 42.8 Å². The minimum Gasteiger partial charge on any atom is -0.467 e. The largest absolute Gasteiger partial charge is 0.467 e. The van der Waals surface area contributed by atoms with Crippen molar-refractivity contribution in [1.29, 1.82) is 0 Å². The van der Waals surface area contributed by atoms with E-state index in [-0.39, 0.29) is 24.3 Å². The fourth-order valence-corrected chi connectivity index (χ4v) is 3.62. The van der Waals surface area contributed by atoms with Crippen molar-refractivity contribution < 1.29 is 23.7 Å². The first-order valence-electron chi connectivity index (χ1n) is 7.00. The number of carbonyl (C=O) groups excluding carboxylic acids is 1. The molecule has 4 aliphatic rings. The Kier molecular flexibility index (Phi) is 2.38. The summed E-state index contributed by atoms with van der Waals surface area (Å²) >= 11 is 0. The van der Waals surface area contributed by atoms with Crippen molar-refractivity contribution in [2.75, 3.05) is 7.11 Å². The molecule has 2 aliphatic heterocycles. The van der Waals surface area contributed by atoms with Crippen molar-refractivity contribution in [3.63, 3.8) is 0 Å². The second-order valence-corrected chi connectivity index (χ2v) is 5.82. The van der Waals surface area contributed by atoms with Crippen LogP contribution < -0.4 is 0 Å². The monoisotopic (exact) mass is 266 g/mol. The smallest absolute Gasteiger partial charge is 0.345 e. The summed E-state index contributed by atoms with van der Waals surface area (Å²) in [7, 11) is 1.38. The first-order chi connectivity index (χ1) is 9.19. The zero-order valence-electron chi connectivity index (χ0n) is 11.0. The zero-order chi connectivity index (χ0) is 13.1. The highest BCUT2D eigenvalue weighted by molar-refractivity contribution is 5.86. The van der Waals surface area contributed by atoms with Crippen LogP contribution in [0.4, 0.5) is 0 Å². The van der Waals surface area contributed by atoms with Crippen LogP contribution in [0.25, 0.3) is 0 Å². The molecule has 4 rings (SSSR count). The number of rotatable bonds is 1. The summed E-state index contributed by atoms with van der Waals surface area (Å²) < 4.78 is 22.7. The Morgan fingerprint density at radius 2 is 2.00 bits per heavy atom. The molecule has 2 heterocycles. The van der Waals surface area contributed by atoms with E-state index in [1.165, 1.54) is 13.5 Å². The number of esters is 1. The standard InChI is InChI=1S/C14H18O5/c1-16-12(15)14-8-5-9-10(11(14)19-14)18-13(17-9)6-3-2-4-7-13/h5,8-11H,2-4,6-7H2,1H3/t9-,10-,11+,14-/m0/s1. The van der Waals surface area contributed by atoms with Crippen LogP contribution in [0.1, 0.15) is 32.1 Å². The van der Waals surface area contributed by atoms with Crippen LogP contribution in [0.2, 0.25) is 0 Å². The summed E-state index contributed by atoms with van der Waals surface area (Å²) in [4.78, 5) is 11.8. The molecule has 2 aliphatic carbocycles. The van der Waals surface area contributed by atoms with Gasteiger partial charge in [-0.15, -0.1) is 0 Å². The van der Waals surface area contributed by atoms with Gasteiger partial charge < -0.3 is 18.9 Å². The van der Waals surface area contributed by atoms with Gasteiger partial charge in [0.15, 0.2) is 5.79 Å². The van der Waals surface area contributed by atoms with Gasteiger partial charge >= 0.3 is 5.97 Å². The number of hydrogen-bond donors (Lipinski definition) is 0. The lowest BCUT2D eigenvalue weighted by molar-refractivity contribution is -0.192. The predicted molar refractivity (Wildman–Crippen MR) is 64.3 cm³/mol. The average Bonchev–Trinajstić information content (AvgIpc) is 3.10. The van der Waals surface area contributed by atoms with E-state index in [0.717, 1.165) is 25.7 Å². The van der Waals surface area contributed by atoms with E-state index in [9.17, 15) is 4.79 Å². The maximum Gasteiger partial charge on any atom is 0.345 e. The highest BCUT2D eigenvalue weighted by Crippen LogP contribution is 2.52. The van der Waals surface area contributed by atoms with E-state index >= 15 is 0 Å². The van der Waals surface area contributed by atoms with Crippen molar-refractivity contribution in [3.05, 3.63) is 12.2 Å². The first kappa shape index (κ1) is 11.9. The Balaban J connectivity index is 1.56. The molecule has 2 saturated heterocycles. The van der Waals surface area contributed by atoms with Gasteiger partial charge in [0.25, 0.3) is 0 Å². The second-order valence-electron chi connectivity index (χ2n) is 5.82. The van der Waals surface area contributed by atoms with E-state index in [1.54, 1.807) is 6.08 Å². The number of carbonyl (C=O) groups is 1. The second kappa shape index (κ2) is 3.81. The quantitative estimate of drug-likeness (QED) is 0.407. The van der Waals surface area contributed by atoms with E-state index in [4.69, 9.17) is 18.9 Å². The van der Waals surface area contributed by atoms with Crippen molar-refractivity contribution in [2.45, 2.75) is 61.8 Å². The third-order valence-electron chi connectivity index (χ3n) is 4.66. The number of fused-ring (bicyclic) bond motifs is 3. The molecular weight excluding hydrogens is 248 g/mol. The van der Waals surface area contributed by atoms with Gasteiger partial charge in [-0.3, -0.25) is 0 Å². The maximum atomic E-state index is 11.8. The molecule has 0 aromatic rings. The first-order valence-corrected chi connectivity index (χ1v) is 7.00. The van der Waals surface area contributed by atoms with Crippen LogP contribution in [0.5, 0.6) is 0 Å². The molecule has 0 radical (unpaired) electrons. The Morgan fingerprint density at radius 3 is 2.74 bits per heavy atom. The molecule has 104 valence electrons. The SMILES string of the molecule is COC(=O)[C@]12C=C[C@@H]3OC4(CCCCC4)O[C@@H]3[C@H]1O2. The summed E-state index contributed by atoms with van der Waals surface area (Å²) in [6, 6.07) is 0. The molecule has 4 atom stereocenters. The summed E-state index contributed by atoms with van der Waals surface area (Å²) in [5.74, 6) is -0.795. The molecule has 0 aromatic heterocycles. The van der Waals surface area contributed by atoms with Gasteiger partial charge in [0.05, 0.1) is 7.11 Å². The Labute approximate surface area is 111 Å². The van der Waals surface area contributed by atoms with E-state index in [2.05, 4.69) is 0 Å². The molecule has 1 saturated carbocycles. The molecule has 5 nitrogen and oxygen atoms in total. The number of methoxy groups -OCH3 is 1. The minimum absolute atomic E-state index is 0.0941. The van der Waals surface area contributed by atoms with Crippen LogP contribution in [0, 0.1) is 0 Å². The highest BCUT2D eigenvalue weighted by atomic mass is 16.8. The van der Waals surface area contributed by atoms with Crippen molar-refractivity contribution in [1.82, 2.24) is 0 Å². The van der Waals surface area contributed by atoms with Crippen molar-refractivity contribution in [2.24, 2.45) is 0 Å².